The van der Waals surface area contributed by atoms with Crippen LogP contribution in [0.2, 0.25) is 5.02 Å². The number of hydrogen-bond donors (Lipinski definition) is 1. The summed E-state index contributed by atoms with van der Waals surface area (Å²) in [4.78, 5) is 6.64. The first-order valence-electron chi connectivity index (χ1n) is 7.17. The molecule has 3 nitrogen and oxygen atoms in total. The molecule has 0 aliphatic heterocycles. The third kappa shape index (κ3) is 2.55. The van der Waals surface area contributed by atoms with Gasteiger partial charge in [-0.2, -0.15) is 0 Å². The van der Waals surface area contributed by atoms with Crippen molar-refractivity contribution in [1.29, 1.82) is 0 Å². The van der Waals surface area contributed by atoms with Gasteiger partial charge in [0.05, 0.1) is 11.9 Å². The zero-order valence-corrected chi connectivity index (χ0v) is 12.7. The molecular formula is C16H20ClN3. The molecule has 1 fully saturated rings. The van der Waals surface area contributed by atoms with Crippen molar-refractivity contribution in [2.45, 2.75) is 31.7 Å². The Bertz CT molecular complexity index is 618. The van der Waals surface area contributed by atoms with Crippen molar-refractivity contribution >= 4 is 33.9 Å². The number of anilines is 2. The molecular weight excluding hydrogens is 270 g/mol. The lowest BCUT2D eigenvalue weighted by atomic mass is 10.1. The van der Waals surface area contributed by atoms with Crippen molar-refractivity contribution in [3.63, 3.8) is 0 Å². The van der Waals surface area contributed by atoms with Crippen molar-refractivity contribution in [1.82, 2.24) is 4.98 Å². The van der Waals surface area contributed by atoms with Crippen molar-refractivity contribution in [2.75, 3.05) is 24.3 Å². The number of fused-ring (bicyclic) bond motifs is 1. The third-order valence-corrected chi connectivity index (χ3v) is 4.20. The molecule has 0 radical (unpaired) electrons. The van der Waals surface area contributed by atoms with E-state index in [0.29, 0.717) is 6.04 Å². The van der Waals surface area contributed by atoms with Crippen LogP contribution in [0, 0.1) is 0 Å². The van der Waals surface area contributed by atoms with Gasteiger partial charge in [-0.3, -0.25) is 0 Å². The molecule has 1 N–H and O–H groups in total. The van der Waals surface area contributed by atoms with Crippen LogP contribution < -0.4 is 10.2 Å². The molecule has 106 valence electrons. The smallest absolute Gasteiger partial charge is 0.136 e. The van der Waals surface area contributed by atoms with Gasteiger partial charge in [0.15, 0.2) is 0 Å². The van der Waals surface area contributed by atoms with Gasteiger partial charge in [-0.05, 0) is 31.0 Å². The molecule has 1 aliphatic rings. The van der Waals surface area contributed by atoms with Crippen LogP contribution in [0.15, 0.2) is 24.4 Å². The van der Waals surface area contributed by atoms with E-state index in [1.54, 1.807) is 0 Å². The number of rotatable bonds is 3. The number of nitrogens with zero attached hydrogens (tertiary/aromatic N) is 2. The number of halogens is 1. The van der Waals surface area contributed by atoms with Crippen molar-refractivity contribution in [3.8, 4) is 0 Å². The molecule has 0 unspecified atom stereocenters. The lowest BCUT2D eigenvalue weighted by Gasteiger charge is -2.19. The minimum atomic E-state index is 0.573. The van der Waals surface area contributed by atoms with E-state index in [0.717, 1.165) is 27.3 Å². The van der Waals surface area contributed by atoms with Crippen LogP contribution in [-0.4, -0.2) is 25.1 Å². The Labute approximate surface area is 124 Å². The van der Waals surface area contributed by atoms with E-state index < -0.39 is 0 Å². The molecule has 4 heteroatoms. The summed E-state index contributed by atoms with van der Waals surface area (Å²) in [7, 11) is 4.03. The number of aromatic nitrogens is 1. The standard InChI is InChI=1S/C16H20ClN3/c1-20(2)16-13-8-7-11(17)9-14(13)15(10-18-16)19-12-5-3-4-6-12/h7-10,12,19H,3-6H2,1-2H3. The third-order valence-electron chi connectivity index (χ3n) is 3.97. The first-order valence-corrected chi connectivity index (χ1v) is 7.55. The lowest BCUT2D eigenvalue weighted by Crippen LogP contribution is -2.16. The quantitative estimate of drug-likeness (QED) is 0.913. The summed E-state index contributed by atoms with van der Waals surface area (Å²) >= 11 is 6.18. The van der Waals surface area contributed by atoms with Crippen molar-refractivity contribution < 1.29 is 0 Å². The number of nitrogens with one attached hydrogen (secondary N) is 1. The zero-order chi connectivity index (χ0) is 14.1. The van der Waals surface area contributed by atoms with E-state index in [1.807, 2.05) is 37.3 Å². The van der Waals surface area contributed by atoms with E-state index in [-0.39, 0.29) is 0 Å². The van der Waals surface area contributed by atoms with E-state index in [2.05, 4.69) is 16.4 Å². The summed E-state index contributed by atoms with van der Waals surface area (Å²) in [6.07, 6.45) is 7.07. The second kappa shape index (κ2) is 5.49. The normalized spacial score (nSPS) is 15.8. The summed E-state index contributed by atoms with van der Waals surface area (Å²) in [5.41, 5.74) is 1.10. The SMILES string of the molecule is CN(C)c1ncc(NC2CCCC2)c2cc(Cl)ccc12. The molecule has 2 aromatic rings. The Morgan fingerprint density at radius 2 is 1.95 bits per heavy atom. The van der Waals surface area contributed by atoms with Crippen molar-refractivity contribution in [3.05, 3.63) is 29.4 Å². The molecule has 0 amide bonds. The summed E-state index contributed by atoms with van der Waals surface area (Å²) in [5.74, 6) is 0.980. The second-order valence-corrected chi connectivity index (χ2v) is 6.14. The number of hydrogen-bond acceptors (Lipinski definition) is 3. The minimum Gasteiger partial charge on any atom is -0.381 e. The molecule has 0 bridgehead atoms. The molecule has 1 aliphatic carbocycles. The number of benzene rings is 1. The second-order valence-electron chi connectivity index (χ2n) is 5.71. The fourth-order valence-corrected chi connectivity index (χ4v) is 3.13. The van der Waals surface area contributed by atoms with Gasteiger partial charge in [-0.15, -0.1) is 0 Å². The zero-order valence-electron chi connectivity index (χ0n) is 12.0. The van der Waals surface area contributed by atoms with Gasteiger partial charge in [0.25, 0.3) is 0 Å². The average Bonchev–Trinajstić information content (AvgIpc) is 2.92. The van der Waals surface area contributed by atoms with Gasteiger partial charge in [-0.1, -0.05) is 24.4 Å². The molecule has 1 heterocycles. The Balaban J connectivity index is 2.07. The van der Waals surface area contributed by atoms with Crippen LogP contribution in [0.5, 0.6) is 0 Å². The van der Waals surface area contributed by atoms with Crippen LogP contribution in [0.4, 0.5) is 11.5 Å². The molecule has 1 aromatic carbocycles. The first-order chi connectivity index (χ1) is 9.65. The fraction of sp³-hybridized carbons (Fsp3) is 0.438. The van der Waals surface area contributed by atoms with Crippen molar-refractivity contribution in [2.24, 2.45) is 0 Å². The molecule has 0 atom stereocenters. The number of pyridine rings is 1. The Kier molecular flexibility index (Phi) is 3.70. The molecule has 3 rings (SSSR count). The van der Waals surface area contributed by atoms with E-state index in [4.69, 9.17) is 11.6 Å². The molecule has 0 spiro atoms. The maximum atomic E-state index is 6.18. The molecule has 1 aromatic heterocycles. The fourth-order valence-electron chi connectivity index (χ4n) is 2.96. The summed E-state index contributed by atoms with van der Waals surface area (Å²) in [5, 5.41) is 6.70. The average molecular weight is 290 g/mol. The Morgan fingerprint density at radius 1 is 1.20 bits per heavy atom. The van der Waals surface area contributed by atoms with Crippen LogP contribution in [0.3, 0.4) is 0 Å². The topological polar surface area (TPSA) is 28.2 Å². The highest BCUT2D eigenvalue weighted by atomic mass is 35.5. The Morgan fingerprint density at radius 3 is 2.65 bits per heavy atom. The van der Waals surface area contributed by atoms with Crippen LogP contribution in [-0.2, 0) is 0 Å². The maximum absolute atomic E-state index is 6.18. The van der Waals surface area contributed by atoms with E-state index >= 15 is 0 Å². The van der Waals surface area contributed by atoms with E-state index in [9.17, 15) is 0 Å². The summed E-state index contributed by atoms with van der Waals surface area (Å²) < 4.78 is 0. The molecule has 20 heavy (non-hydrogen) atoms. The van der Waals surface area contributed by atoms with Gasteiger partial charge in [0.1, 0.15) is 5.82 Å². The Hall–Kier alpha value is -1.48. The minimum absolute atomic E-state index is 0.573. The van der Waals surface area contributed by atoms with Gasteiger partial charge < -0.3 is 10.2 Å². The van der Waals surface area contributed by atoms with Crippen LogP contribution in [0.1, 0.15) is 25.7 Å². The summed E-state index contributed by atoms with van der Waals surface area (Å²) in [6, 6.07) is 6.59. The van der Waals surface area contributed by atoms with Gasteiger partial charge in [0, 0.05) is 35.9 Å². The highest BCUT2D eigenvalue weighted by molar-refractivity contribution is 6.31. The van der Waals surface area contributed by atoms with Crippen LogP contribution >= 0.6 is 11.6 Å². The predicted octanol–water partition coefficient (Wildman–Crippen LogP) is 4.31. The lowest BCUT2D eigenvalue weighted by molar-refractivity contribution is 0.756. The monoisotopic (exact) mass is 289 g/mol. The van der Waals surface area contributed by atoms with Gasteiger partial charge >= 0.3 is 0 Å². The van der Waals surface area contributed by atoms with Crippen LogP contribution in [0.25, 0.3) is 10.8 Å². The predicted molar refractivity (Wildman–Crippen MR) is 87.0 cm³/mol. The summed E-state index contributed by atoms with van der Waals surface area (Å²) in [6.45, 7) is 0. The highest BCUT2D eigenvalue weighted by Gasteiger charge is 2.17. The maximum Gasteiger partial charge on any atom is 0.136 e. The molecule has 0 saturated heterocycles. The highest BCUT2D eigenvalue weighted by Crippen LogP contribution is 2.33. The van der Waals surface area contributed by atoms with Gasteiger partial charge in [-0.25, -0.2) is 4.98 Å². The first kappa shape index (κ1) is 13.5. The largest absolute Gasteiger partial charge is 0.381 e. The van der Waals surface area contributed by atoms with E-state index in [1.165, 1.54) is 25.7 Å². The van der Waals surface area contributed by atoms with Gasteiger partial charge in [0.2, 0.25) is 0 Å². The molecule has 1 saturated carbocycles.